The van der Waals surface area contributed by atoms with Crippen LogP contribution in [0.3, 0.4) is 0 Å². The molecule has 1 nitrogen and oxygen atoms in total. The number of pyridine rings is 1. The first-order chi connectivity index (χ1) is 5.80. The van der Waals surface area contributed by atoms with E-state index in [4.69, 9.17) is 11.6 Å². The van der Waals surface area contributed by atoms with Crippen molar-refractivity contribution in [1.82, 2.24) is 4.98 Å². The Morgan fingerprint density at radius 1 is 1.17 bits per heavy atom. The van der Waals surface area contributed by atoms with Crippen molar-refractivity contribution in [3.8, 4) is 0 Å². The van der Waals surface area contributed by atoms with Gasteiger partial charge in [0.25, 0.3) is 0 Å². The van der Waals surface area contributed by atoms with Crippen molar-refractivity contribution in [3.63, 3.8) is 0 Å². The second-order valence-electron chi connectivity index (χ2n) is 1.62. The number of nitrogens with zero attached hydrogens (tertiary/aromatic N) is 1. The summed E-state index contributed by atoms with van der Waals surface area (Å²) in [6.45, 7) is 9.95. The number of rotatable bonds is 0. The third-order valence-corrected chi connectivity index (χ3v) is 1.37. The summed E-state index contributed by atoms with van der Waals surface area (Å²) in [5.74, 6) is 0. The van der Waals surface area contributed by atoms with E-state index < -0.39 is 0 Å². The van der Waals surface area contributed by atoms with E-state index in [0.717, 1.165) is 10.6 Å². The normalized spacial score (nSPS) is 7.17. The van der Waals surface area contributed by atoms with Crippen LogP contribution in [0.25, 0.3) is 0 Å². The zero-order chi connectivity index (χ0) is 9.98. The van der Waals surface area contributed by atoms with Crippen molar-refractivity contribution in [2.75, 3.05) is 0 Å². The van der Waals surface area contributed by atoms with Crippen LogP contribution in [0.2, 0.25) is 5.02 Å². The summed E-state index contributed by atoms with van der Waals surface area (Å²) in [6.07, 6.45) is 3.36. The van der Waals surface area contributed by atoms with Crippen LogP contribution in [0.5, 0.6) is 0 Å². The maximum Gasteiger partial charge on any atom is 0.0618 e. The minimum absolute atomic E-state index is 0.729. The minimum atomic E-state index is 0.729. The van der Waals surface area contributed by atoms with Gasteiger partial charge in [-0.2, -0.15) is 0 Å². The molecule has 0 aliphatic rings. The average Bonchev–Trinajstić information content (AvgIpc) is 2.17. The van der Waals surface area contributed by atoms with Crippen LogP contribution in [0.15, 0.2) is 18.5 Å². The molecule has 0 atom stereocenters. The second-order valence-corrected chi connectivity index (χ2v) is 2.03. The van der Waals surface area contributed by atoms with E-state index in [2.05, 4.69) is 4.98 Å². The lowest BCUT2D eigenvalue weighted by molar-refractivity contribution is 1.29. The van der Waals surface area contributed by atoms with Crippen molar-refractivity contribution in [1.29, 1.82) is 0 Å². The molecule has 0 aliphatic carbocycles. The van der Waals surface area contributed by atoms with Gasteiger partial charge in [0.1, 0.15) is 0 Å². The SMILES string of the molecule is CC.CC.Cc1ccncc1Cl. The summed E-state index contributed by atoms with van der Waals surface area (Å²) in [5, 5.41) is 0.729. The smallest absolute Gasteiger partial charge is 0.0618 e. The van der Waals surface area contributed by atoms with Gasteiger partial charge in [0.2, 0.25) is 0 Å². The molecule has 70 valence electrons. The van der Waals surface area contributed by atoms with Gasteiger partial charge in [-0.25, -0.2) is 0 Å². The molecule has 1 heterocycles. The highest BCUT2D eigenvalue weighted by molar-refractivity contribution is 6.31. The van der Waals surface area contributed by atoms with E-state index in [-0.39, 0.29) is 0 Å². The molecule has 0 aliphatic heterocycles. The van der Waals surface area contributed by atoms with Gasteiger partial charge in [0, 0.05) is 12.4 Å². The summed E-state index contributed by atoms with van der Waals surface area (Å²) in [4.78, 5) is 3.81. The van der Waals surface area contributed by atoms with Crippen LogP contribution in [-0.2, 0) is 0 Å². The van der Waals surface area contributed by atoms with Gasteiger partial charge in [-0.1, -0.05) is 39.3 Å². The van der Waals surface area contributed by atoms with E-state index in [1.54, 1.807) is 12.4 Å². The maximum atomic E-state index is 5.65. The number of aryl methyl sites for hydroxylation is 1. The molecule has 0 spiro atoms. The van der Waals surface area contributed by atoms with Crippen molar-refractivity contribution >= 4 is 11.6 Å². The van der Waals surface area contributed by atoms with Crippen molar-refractivity contribution in [3.05, 3.63) is 29.0 Å². The molecular formula is C10H18ClN. The Labute approximate surface area is 80.8 Å². The fraction of sp³-hybridized carbons (Fsp3) is 0.500. The van der Waals surface area contributed by atoms with Crippen molar-refractivity contribution < 1.29 is 0 Å². The fourth-order valence-corrected chi connectivity index (χ4v) is 0.564. The van der Waals surface area contributed by atoms with E-state index in [9.17, 15) is 0 Å². The molecule has 0 fully saturated rings. The summed E-state index contributed by atoms with van der Waals surface area (Å²) in [6, 6.07) is 1.88. The predicted octanol–water partition coefficient (Wildman–Crippen LogP) is 4.10. The molecule has 1 aromatic rings. The summed E-state index contributed by atoms with van der Waals surface area (Å²) in [7, 11) is 0. The third kappa shape index (κ3) is 6.17. The Hall–Kier alpha value is -0.560. The highest BCUT2D eigenvalue weighted by Crippen LogP contribution is 2.09. The van der Waals surface area contributed by atoms with Gasteiger partial charge in [-0.15, -0.1) is 0 Å². The lowest BCUT2D eigenvalue weighted by Crippen LogP contribution is -1.73. The molecule has 0 radical (unpaired) electrons. The number of hydrogen-bond donors (Lipinski definition) is 0. The summed E-state index contributed by atoms with van der Waals surface area (Å²) < 4.78 is 0. The fourth-order valence-electron chi connectivity index (χ4n) is 0.445. The number of aromatic nitrogens is 1. The van der Waals surface area contributed by atoms with Crippen molar-refractivity contribution in [2.45, 2.75) is 34.6 Å². The van der Waals surface area contributed by atoms with E-state index in [1.807, 2.05) is 40.7 Å². The van der Waals surface area contributed by atoms with Gasteiger partial charge in [0.15, 0.2) is 0 Å². The van der Waals surface area contributed by atoms with Crippen LogP contribution >= 0.6 is 11.6 Å². The molecule has 12 heavy (non-hydrogen) atoms. The lowest BCUT2D eigenvalue weighted by atomic mass is 10.3. The largest absolute Gasteiger partial charge is 0.263 e. The minimum Gasteiger partial charge on any atom is -0.263 e. The average molecular weight is 188 g/mol. The monoisotopic (exact) mass is 187 g/mol. The van der Waals surface area contributed by atoms with Crippen LogP contribution in [0.4, 0.5) is 0 Å². The van der Waals surface area contributed by atoms with Gasteiger partial charge in [-0.05, 0) is 18.6 Å². The Morgan fingerprint density at radius 3 is 1.92 bits per heavy atom. The highest BCUT2D eigenvalue weighted by atomic mass is 35.5. The molecule has 0 bridgehead atoms. The van der Waals surface area contributed by atoms with Gasteiger partial charge < -0.3 is 0 Å². The predicted molar refractivity (Wildman–Crippen MR) is 56.7 cm³/mol. The first kappa shape index (κ1) is 14.0. The number of halogens is 1. The molecule has 0 unspecified atom stereocenters. The molecule has 0 saturated heterocycles. The molecule has 1 rings (SSSR count). The molecule has 1 aromatic heterocycles. The molecule has 0 N–H and O–H groups in total. The lowest BCUT2D eigenvalue weighted by Gasteiger charge is -1.90. The second kappa shape index (κ2) is 10.4. The quantitative estimate of drug-likeness (QED) is 0.596. The molecule has 0 aromatic carbocycles. The van der Waals surface area contributed by atoms with E-state index in [0.29, 0.717) is 0 Å². The third-order valence-electron chi connectivity index (χ3n) is 0.975. The Kier molecular flexibility index (Phi) is 12.2. The molecular weight excluding hydrogens is 170 g/mol. The van der Waals surface area contributed by atoms with Crippen LogP contribution in [0, 0.1) is 6.92 Å². The van der Waals surface area contributed by atoms with Gasteiger partial charge in [-0.3, -0.25) is 4.98 Å². The van der Waals surface area contributed by atoms with E-state index >= 15 is 0 Å². The van der Waals surface area contributed by atoms with Gasteiger partial charge in [0.05, 0.1) is 5.02 Å². The standard InChI is InChI=1S/C6H6ClN.2C2H6/c1-5-2-3-8-4-6(5)7;2*1-2/h2-4H,1H3;2*1-2H3. The van der Waals surface area contributed by atoms with Crippen molar-refractivity contribution in [2.24, 2.45) is 0 Å². The van der Waals surface area contributed by atoms with Crippen LogP contribution in [0.1, 0.15) is 33.3 Å². The first-order valence-corrected chi connectivity index (χ1v) is 4.74. The Morgan fingerprint density at radius 2 is 1.67 bits per heavy atom. The molecule has 0 saturated carbocycles. The highest BCUT2D eigenvalue weighted by Gasteiger charge is 1.87. The van der Waals surface area contributed by atoms with Gasteiger partial charge >= 0.3 is 0 Å². The first-order valence-electron chi connectivity index (χ1n) is 4.37. The summed E-state index contributed by atoms with van der Waals surface area (Å²) in [5.41, 5.74) is 1.07. The van der Waals surface area contributed by atoms with Crippen LogP contribution in [-0.4, -0.2) is 4.98 Å². The topological polar surface area (TPSA) is 12.9 Å². The molecule has 2 heteroatoms. The summed E-state index contributed by atoms with van der Waals surface area (Å²) >= 11 is 5.65. The number of hydrogen-bond acceptors (Lipinski definition) is 1. The van der Waals surface area contributed by atoms with E-state index in [1.165, 1.54) is 0 Å². The molecule has 0 amide bonds. The maximum absolute atomic E-state index is 5.65. The Balaban J connectivity index is 0. The van der Waals surface area contributed by atoms with Crippen LogP contribution < -0.4 is 0 Å². The zero-order valence-corrected chi connectivity index (χ0v) is 9.31. The Bertz CT molecular complexity index is 166. The zero-order valence-electron chi connectivity index (χ0n) is 8.56.